The van der Waals surface area contributed by atoms with Gasteiger partial charge in [0.25, 0.3) is 10.0 Å². The number of hydrogen-bond donors (Lipinski definition) is 1. The molecule has 0 spiro atoms. The first-order valence-electron chi connectivity index (χ1n) is 8.40. The number of nitrogens with one attached hydrogen (secondary N) is 1. The van der Waals surface area contributed by atoms with E-state index in [1.807, 2.05) is 30.3 Å². The molecule has 1 heterocycles. The molecule has 6 nitrogen and oxygen atoms in total. The van der Waals surface area contributed by atoms with Crippen LogP contribution in [0.3, 0.4) is 0 Å². The smallest absolute Gasteiger partial charge is 0.264 e. The molecular weight excluding hydrogens is 400 g/mol. The number of halogens is 2. The first-order valence-corrected chi connectivity index (χ1v) is 9.88. The molecule has 0 saturated carbocycles. The Kier molecular flexibility index (Phi) is 4.81. The lowest BCUT2D eigenvalue weighted by Gasteiger charge is -2.09. The molecular formula is C20H13F2N3O3S. The van der Waals surface area contributed by atoms with E-state index in [-0.39, 0.29) is 11.6 Å². The topological polar surface area (TPSA) is 85.1 Å². The van der Waals surface area contributed by atoms with Gasteiger partial charge in [0.05, 0.1) is 0 Å². The lowest BCUT2D eigenvalue weighted by atomic mass is 10.2. The second-order valence-electron chi connectivity index (χ2n) is 6.04. The van der Waals surface area contributed by atoms with E-state index in [1.165, 1.54) is 12.1 Å². The summed E-state index contributed by atoms with van der Waals surface area (Å²) < 4.78 is 59.7. The van der Waals surface area contributed by atoms with Gasteiger partial charge in [-0.2, -0.15) is 0 Å². The second kappa shape index (κ2) is 7.44. The van der Waals surface area contributed by atoms with Crippen molar-refractivity contribution in [3.63, 3.8) is 0 Å². The van der Waals surface area contributed by atoms with E-state index in [4.69, 9.17) is 4.42 Å². The highest BCUT2D eigenvalue weighted by Gasteiger charge is 2.20. The molecule has 0 radical (unpaired) electrons. The fourth-order valence-electron chi connectivity index (χ4n) is 2.66. The van der Waals surface area contributed by atoms with Gasteiger partial charge in [-0.3, -0.25) is 4.72 Å². The lowest BCUT2D eigenvalue weighted by molar-refractivity contribution is 0.551. The van der Waals surface area contributed by atoms with Crippen LogP contribution in [0.15, 0.2) is 82.1 Å². The van der Waals surface area contributed by atoms with Crippen LogP contribution in [0, 0.1) is 11.6 Å². The van der Waals surface area contributed by atoms with Gasteiger partial charge in [-0.25, -0.2) is 17.2 Å². The highest BCUT2D eigenvalue weighted by molar-refractivity contribution is 7.92. The normalized spacial score (nSPS) is 11.4. The molecule has 1 aromatic heterocycles. The largest absolute Gasteiger partial charge is 0.416 e. The Hall–Kier alpha value is -3.59. The highest BCUT2D eigenvalue weighted by atomic mass is 32.2. The van der Waals surface area contributed by atoms with E-state index in [9.17, 15) is 17.2 Å². The lowest BCUT2D eigenvalue weighted by Crippen LogP contribution is -2.14. The molecule has 0 fully saturated rings. The molecule has 0 aliphatic rings. The summed E-state index contributed by atoms with van der Waals surface area (Å²) in [5.74, 6) is -1.54. The molecule has 9 heteroatoms. The molecule has 0 aliphatic heterocycles. The summed E-state index contributed by atoms with van der Waals surface area (Å²) in [6.07, 6.45) is 0. The third-order valence-corrected chi connectivity index (χ3v) is 5.41. The van der Waals surface area contributed by atoms with Crippen molar-refractivity contribution < 1.29 is 21.6 Å². The molecule has 1 N–H and O–H groups in total. The number of hydrogen-bond acceptors (Lipinski definition) is 5. The van der Waals surface area contributed by atoms with Crippen LogP contribution >= 0.6 is 0 Å². The van der Waals surface area contributed by atoms with Crippen LogP contribution in [0.2, 0.25) is 0 Å². The summed E-state index contributed by atoms with van der Waals surface area (Å²) in [5, 5.41) is 7.98. The van der Waals surface area contributed by atoms with E-state index in [2.05, 4.69) is 14.9 Å². The zero-order chi connectivity index (χ0) is 20.4. The van der Waals surface area contributed by atoms with E-state index in [1.54, 1.807) is 12.1 Å². The number of nitrogens with zero attached hydrogens (tertiary/aromatic N) is 2. The van der Waals surface area contributed by atoms with Crippen molar-refractivity contribution in [2.45, 2.75) is 4.90 Å². The molecule has 0 atom stereocenters. The van der Waals surface area contributed by atoms with Crippen molar-refractivity contribution >= 4 is 15.7 Å². The van der Waals surface area contributed by atoms with Crippen molar-refractivity contribution in [3.8, 4) is 22.9 Å². The maximum absolute atomic E-state index is 13.9. The summed E-state index contributed by atoms with van der Waals surface area (Å²) in [6.45, 7) is 0. The van der Waals surface area contributed by atoms with Crippen molar-refractivity contribution in [2.75, 3.05) is 4.72 Å². The van der Waals surface area contributed by atoms with Gasteiger partial charge in [-0.1, -0.05) is 24.3 Å². The summed E-state index contributed by atoms with van der Waals surface area (Å²) in [6, 6.07) is 17.6. The molecule has 29 heavy (non-hydrogen) atoms. The third-order valence-electron chi connectivity index (χ3n) is 3.99. The van der Waals surface area contributed by atoms with Crippen LogP contribution < -0.4 is 4.72 Å². The zero-order valence-electron chi connectivity index (χ0n) is 14.7. The average molecular weight is 413 g/mol. The zero-order valence-corrected chi connectivity index (χ0v) is 15.5. The minimum absolute atomic E-state index is 0.158. The first-order chi connectivity index (χ1) is 13.9. The van der Waals surface area contributed by atoms with Gasteiger partial charge in [0, 0.05) is 22.9 Å². The molecule has 0 aliphatic carbocycles. The number of rotatable bonds is 5. The predicted molar refractivity (Wildman–Crippen MR) is 102 cm³/mol. The van der Waals surface area contributed by atoms with Gasteiger partial charge in [-0.05, 0) is 42.5 Å². The summed E-state index contributed by atoms with van der Waals surface area (Å²) >= 11 is 0. The maximum atomic E-state index is 13.9. The standard InChI is InChI=1S/C20H13F2N3O3S/c21-15-9-10-18(17(22)12-15)29(26,27)25-16-8-4-7-14(11-16)20-24-23-19(28-20)13-5-2-1-3-6-13/h1-12,25H. The SMILES string of the molecule is O=S(=O)(Nc1cccc(-c2nnc(-c3ccccc3)o2)c1)c1ccc(F)cc1F. The number of aromatic nitrogens is 2. The van der Waals surface area contributed by atoms with Crippen molar-refractivity contribution in [1.82, 2.24) is 10.2 Å². The average Bonchev–Trinajstić information content (AvgIpc) is 3.18. The summed E-state index contributed by atoms with van der Waals surface area (Å²) in [4.78, 5) is -0.659. The Morgan fingerprint density at radius 2 is 1.48 bits per heavy atom. The number of sulfonamides is 1. The van der Waals surface area contributed by atoms with Crippen molar-refractivity contribution in [2.24, 2.45) is 0 Å². The van der Waals surface area contributed by atoms with E-state index >= 15 is 0 Å². The van der Waals surface area contributed by atoms with Crippen LogP contribution in [0.5, 0.6) is 0 Å². The van der Waals surface area contributed by atoms with E-state index in [0.717, 1.165) is 17.7 Å². The third kappa shape index (κ3) is 3.99. The Labute approximate surface area is 164 Å². The van der Waals surface area contributed by atoms with Gasteiger partial charge < -0.3 is 4.42 Å². The first kappa shape index (κ1) is 18.8. The molecule has 0 unspecified atom stereocenters. The van der Waals surface area contributed by atoms with Crippen LogP contribution in [-0.4, -0.2) is 18.6 Å². The van der Waals surface area contributed by atoms with Gasteiger partial charge in [0.2, 0.25) is 11.8 Å². The van der Waals surface area contributed by atoms with Gasteiger partial charge in [-0.15, -0.1) is 10.2 Å². The molecule has 0 amide bonds. The summed E-state index contributed by atoms with van der Waals surface area (Å²) in [7, 11) is -4.26. The van der Waals surface area contributed by atoms with Crippen LogP contribution in [-0.2, 0) is 10.0 Å². The van der Waals surface area contributed by atoms with Crippen molar-refractivity contribution in [3.05, 3.63) is 84.4 Å². The van der Waals surface area contributed by atoms with Gasteiger partial charge in [0.15, 0.2) is 0 Å². The minimum atomic E-state index is -4.26. The van der Waals surface area contributed by atoms with E-state index < -0.39 is 26.6 Å². The van der Waals surface area contributed by atoms with Crippen LogP contribution in [0.25, 0.3) is 22.9 Å². The Morgan fingerprint density at radius 1 is 0.793 bits per heavy atom. The molecule has 146 valence electrons. The second-order valence-corrected chi connectivity index (χ2v) is 7.69. The Balaban J connectivity index is 1.62. The van der Waals surface area contributed by atoms with Gasteiger partial charge in [0.1, 0.15) is 16.5 Å². The number of benzene rings is 3. The Morgan fingerprint density at radius 3 is 2.21 bits per heavy atom. The monoisotopic (exact) mass is 413 g/mol. The minimum Gasteiger partial charge on any atom is -0.416 e. The number of anilines is 1. The molecule has 4 rings (SSSR count). The fraction of sp³-hybridized carbons (Fsp3) is 0. The Bertz CT molecular complexity index is 1280. The predicted octanol–water partition coefficient (Wildman–Crippen LogP) is 4.48. The van der Waals surface area contributed by atoms with Crippen LogP contribution in [0.4, 0.5) is 14.5 Å². The maximum Gasteiger partial charge on any atom is 0.264 e. The highest BCUT2D eigenvalue weighted by Crippen LogP contribution is 2.27. The van der Waals surface area contributed by atoms with Gasteiger partial charge >= 0.3 is 0 Å². The fourth-order valence-corrected chi connectivity index (χ4v) is 3.77. The molecule has 4 aromatic rings. The molecule has 3 aromatic carbocycles. The van der Waals surface area contributed by atoms with E-state index in [0.29, 0.717) is 17.5 Å². The molecule has 0 bridgehead atoms. The summed E-state index contributed by atoms with van der Waals surface area (Å²) in [5.41, 5.74) is 1.38. The molecule has 0 saturated heterocycles. The van der Waals surface area contributed by atoms with Crippen molar-refractivity contribution in [1.29, 1.82) is 0 Å². The quantitative estimate of drug-likeness (QED) is 0.521. The van der Waals surface area contributed by atoms with Crippen LogP contribution in [0.1, 0.15) is 0 Å².